The van der Waals surface area contributed by atoms with E-state index in [4.69, 9.17) is 10.00 Å². The molecule has 0 spiro atoms. The Bertz CT molecular complexity index is 1350. The van der Waals surface area contributed by atoms with Gasteiger partial charge in [0.2, 0.25) is 0 Å². The Hall–Kier alpha value is -4.31. The molecule has 0 aliphatic rings. The highest BCUT2D eigenvalue weighted by molar-refractivity contribution is 6.09. The summed E-state index contributed by atoms with van der Waals surface area (Å²) in [5, 5.41) is 27.3. The summed E-state index contributed by atoms with van der Waals surface area (Å²) in [6, 6.07) is 20.7. The first kappa shape index (κ1) is 22.9. The number of hydrogen-bond acceptors (Lipinski definition) is 5. The third kappa shape index (κ3) is 5.02. The summed E-state index contributed by atoms with van der Waals surface area (Å²) in [6.07, 6.45) is 1.73. The Morgan fingerprint density at radius 1 is 1.18 bits per heavy atom. The number of aromatic hydroxyl groups is 1. The number of unbranched alkanes of at least 4 members (excludes halogenated alkanes) is 1. The smallest absolute Gasteiger partial charge is 0.261 e. The molecule has 0 aliphatic carbocycles. The number of fused-ring (bicyclic) bond motifs is 1. The van der Waals surface area contributed by atoms with Gasteiger partial charge in [0.25, 0.3) is 5.91 Å². The van der Waals surface area contributed by atoms with Gasteiger partial charge in [-0.15, -0.1) is 0 Å². The molecular weight excluding hydrogens is 428 g/mol. The van der Waals surface area contributed by atoms with Crippen molar-refractivity contribution in [1.82, 2.24) is 10.2 Å². The van der Waals surface area contributed by atoms with Crippen LogP contribution in [-0.4, -0.2) is 34.9 Å². The van der Waals surface area contributed by atoms with E-state index in [1.54, 1.807) is 43.4 Å². The molecule has 3 aromatic carbocycles. The monoisotopic (exact) mass is 454 g/mol. The van der Waals surface area contributed by atoms with Gasteiger partial charge in [0, 0.05) is 37.0 Å². The molecule has 0 aliphatic heterocycles. The third-order valence-electron chi connectivity index (χ3n) is 5.67. The number of aromatic nitrogens is 2. The summed E-state index contributed by atoms with van der Waals surface area (Å²) < 4.78 is 5.61. The Morgan fingerprint density at radius 3 is 2.71 bits per heavy atom. The van der Waals surface area contributed by atoms with Crippen LogP contribution in [0.25, 0.3) is 10.9 Å². The van der Waals surface area contributed by atoms with Crippen molar-refractivity contribution in [2.24, 2.45) is 0 Å². The molecule has 1 heterocycles. The minimum Gasteiger partial charge on any atom is -0.507 e. The summed E-state index contributed by atoms with van der Waals surface area (Å²) in [7, 11) is 1.66. The van der Waals surface area contributed by atoms with E-state index in [0.717, 1.165) is 16.6 Å². The molecule has 4 rings (SSSR count). The standard InChI is InChI=1S/C27H26N4O3/c1-18-6-5-7-19(14-18)15-24-22-16-23(26(32)17-25(22)30-29-24)27(33)31(2)20-8-10-21(11-9-20)34-13-4-3-12-28/h5-11,14,16-17,32H,3-4,13,15H2,1-2H3,(H,29,30). The molecule has 7 heteroatoms. The number of nitrogens with one attached hydrogen (secondary N) is 1. The Labute approximate surface area is 198 Å². The van der Waals surface area contributed by atoms with Gasteiger partial charge in [0.1, 0.15) is 11.5 Å². The first-order valence-electron chi connectivity index (χ1n) is 11.1. The zero-order valence-electron chi connectivity index (χ0n) is 19.2. The predicted molar refractivity (Wildman–Crippen MR) is 131 cm³/mol. The van der Waals surface area contributed by atoms with Crippen LogP contribution in [-0.2, 0) is 6.42 Å². The molecule has 1 aromatic heterocycles. The summed E-state index contributed by atoms with van der Waals surface area (Å²) >= 11 is 0. The minimum absolute atomic E-state index is 0.104. The van der Waals surface area contributed by atoms with E-state index in [1.807, 2.05) is 25.1 Å². The lowest BCUT2D eigenvalue weighted by Gasteiger charge is -2.18. The number of ether oxygens (including phenoxy) is 1. The van der Waals surface area contributed by atoms with E-state index in [2.05, 4.69) is 22.3 Å². The number of amides is 1. The van der Waals surface area contributed by atoms with Crippen LogP contribution in [0.5, 0.6) is 11.5 Å². The van der Waals surface area contributed by atoms with Crippen molar-refractivity contribution in [3.05, 3.63) is 83.0 Å². The van der Waals surface area contributed by atoms with Gasteiger partial charge in [-0.2, -0.15) is 10.4 Å². The molecule has 2 N–H and O–H groups in total. The third-order valence-corrected chi connectivity index (χ3v) is 5.67. The topological polar surface area (TPSA) is 102 Å². The molecule has 0 radical (unpaired) electrons. The van der Waals surface area contributed by atoms with Crippen molar-refractivity contribution in [2.75, 3.05) is 18.6 Å². The van der Waals surface area contributed by atoms with Crippen LogP contribution in [0.4, 0.5) is 5.69 Å². The van der Waals surface area contributed by atoms with Crippen molar-refractivity contribution in [2.45, 2.75) is 26.2 Å². The van der Waals surface area contributed by atoms with Crippen molar-refractivity contribution in [3.8, 4) is 17.6 Å². The Kier molecular flexibility index (Phi) is 6.79. The number of phenols is 1. The SMILES string of the molecule is Cc1cccc(Cc2n[nH]c3cc(O)c(C(=O)N(C)c4ccc(OCCCC#N)cc4)cc23)c1. The molecule has 34 heavy (non-hydrogen) atoms. The fourth-order valence-corrected chi connectivity index (χ4v) is 3.83. The number of carbonyl (C=O) groups excluding carboxylic acids is 1. The normalized spacial score (nSPS) is 10.7. The molecule has 1 amide bonds. The number of H-pyrrole nitrogens is 1. The largest absolute Gasteiger partial charge is 0.507 e. The van der Waals surface area contributed by atoms with Crippen LogP contribution in [0.15, 0.2) is 60.7 Å². The fourth-order valence-electron chi connectivity index (χ4n) is 3.83. The van der Waals surface area contributed by atoms with Crippen LogP contribution < -0.4 is 9.64 Å². The zero-order chi connectivity index (χ0) is 24.1. The van der Waals surface area contributed by atoms with Crippen LogP contribution in [0.3, 0.4) is 0 Å². The quantitative estimate of drug-likeness (QED) is 0.360. The van der Waals surface area contributed by atoms with Crippen LogP contribution in [0.2, 0.25) is 0 Å². The Balaban J connectivity index is 1.54. The lowest BCUT2D eigenvalue weighted by Crippen LogP contribution is -2.26. The summed E-state index contributed by atoms with van der Waals surface area (Å²) in [5.41, 5.74) is 4.67. The molecule has 0 unspecified atom stereocenters. The predicted octanol–water partition coefficient (Wildman–Crippen LogP) is 5.13. The highest BCUT2D eigenvalue weighted by atomic mass is 16.5. The Morgan fingerprint density at radius 2 is 1.97 bits per heavy atom. The van der Waals surface area contributed by atoms with Gasteiger partial charge in [-0.25, -0.2) is 0 Å². The number of benzene rings is 3. The van der Waals surface area contributed by atoms with E-state index in [0.29, 0.717) is 42.8 Å². The molecule has 0 saturated carbocycles. The van der Waals surface area contributed by atoms with Crippen molar-refractivity contribution < 1.29 is 14.6 Å². The number of hydrogen-bond donors (Lipinski definition) is 2. The second-order valence-corrected chi connectivity index (χ2v) is 8.22. The lowest BCUT2D eigenvalue weighted by molar-refractivity contribution is 0.0990. The fraction of sp³-hybridized carbons (Fsp3) is 0.222. The highest BCUT2D eigenvalue weighted by Gasteiger charge is 2.20. The van der Waals surface area contributed by atoms with E-state index in [9.17, 15) is 9.90 Å². The molecule has 0 atom stereocenters. The number of nitrogens with zero attached hydrogens (tertiary/aromatic N) is 3. The van der Waals surface area contributed by atoms with Crippen LogP contribution in [0.1, 0.15) is 40.0 Å². The number of nitriles is 1. The van der Waals surface area contributed by atoms with Gasteiger partial charge in [-0.3, -0.25) is 9.89 Å². The van der Waals surface area contributed by atoms with E-state index >= 15 is 0 Å². The van der Waals surface area contributed by atoms with Gasteiger partial charge < -0.3 is 14.7 Å². The summed E-state index contributed by atoms with van der Waals surface area (Å²) in [4.78, 5) is 14.7. The first-order valence-corrected chi connectivity index (χ1v) is 11.1. The second kappa shape index (κ2) is 10.1. The average molecular weight is 455 g/mol. The average Bonchev–Trinajstić information content (AvgIpc) is 3.22. The van der Waals surface area contributed by atoms with Gasteiger partial charge >= 0.3 is 0 Å². The molecule has 0 fully saturated rings. The summed E-state index contributed by atoms with van der Waals surface area (Å²) in [6.45, 7) is 2.51. The number of rotatable bonds is 8. The number of aryl methyl sites for hydroxylation is 1. The summed E-state index contributed by atoms with van der Waals surface area (Å²) in [5.74, 6) is 0.239. The molecule has 0 saturated heterocycles. The van der Waals surface area contributed by atoms with Crippen LogP contribution in [0, 0.1) is 18.3 Å². The first-order chi connectivity index (χ1) is 16.5. The molecule has 7 nitrogen and oxygen atoms in total. The molecule has 0 bridgehead atoms. The van der Waals surface area contributed by atoms with E-state index in [1.165, 1.54) is 10.5 Å². The number of anilines is 1. The van der Waals surface area contributed by atoms with Gasteiger partial charge in [-0.05, 0) is 49.2 Å². The lowest BCUT2D eigenvalue weighted by atomic mass is 10.0. The van der Waals surface area contributed by atoms with Gasteiger partial charge in [0.15, 0.2) is 0 Å². The highest BCUT2D eigenvalue weighted by Crippen LogP contribution is 2.29. The van der Waals surface area contributed by atoms with Gasteiger partial charge in [-0.1, -0.05) is 29.8 Å². The maximum absolute atomic E-state index is 13.2. The molecular formula is C27H26N4O3. The maximum Gasteiger partial charge on any atom is 0.261 e. The van der Waals surface area contributed by atoms with Crippen molar-refractivity contribution in [1.29, 1.82) is 5.26 Å². The van der Waals surface area contributed by atoms with Crippen molar-refractivity contribution >= 4 is 22.5 Å². The minimum atomic E-state index is -0.329. The van der Waals surface area contributed by atoms with E-state index < -0.39 is 0 Å². The number of carbonyl (C=O) groups is 1. The number of aromatic amines is 1. The number of phenolic OH excluding ortho intramolecular Hbond substituents is 1. The van der Waals surface area contributed by atoms with E-state index in [-0.39, 0.29) is 17.2 Å². The molecule has 4 aromatic rings. The second-order valence-electron chi connectivity index (χ2n) is 8.22. The molecule has 172 valence electrons. The zero-order valence-corrected chi connectivity index (χ0v) is 19.2. The maximum atomic E-state index is 13.2. The van der Waals surface area contributed by atoms with Gasteiger partial charge in [0.05, 0.1) is 29.5 Å². The van der Waals surface area contributed by atoms with Crippen LogP contribution >= 0.6 is 0 Å². The van der Waals surface area contributed by atoms with Crippen molar-refractivity contribution in [3.63, 3.8) is 0 Å².